The van der Waals surface area contributed by atoms with Crippen molar-refractivity contribution in [1.82, 2.24) is 0 Å². The number of phenolic OH excluding ortho intramolecular Hbond substituents is 1. The van der Waals surface area contributed by atoms with Crippen LogP contribution in [0.5, 0.6) is 5.75 Å². The number of hydrogen-bond donors (Lipinski definition) is 1. The molecule has 0 saturated heterocycles. The first-order valence-corrected chi connectivity index (χ1v) is 4.40. The number of ketones is 1. The van der Waals surface area contributed by atoms with E-state index in [0.717, 1.165) is 12.1 Å². The number of benzene rings is 1. The lowest BCUT2D eigenvalue weighted by Crippen LogP contribution is -1.96. The van der Waals surface area contributed by atoms with Crippen molar-refractivity contribution in [3.63, 3.8) is 0 Å². The minimum atomic E-state index is -0.718. The van der Waals surface area contributed by atoms with E-state index in [1.807, 2.05) is 0 Å². The van der Waals surface area contributed by atoms with E-state index in [1.165, 1.54) is 6.92 Å². The zero-order chi connectivity index (χ0) is 10.9. The largest absolute Gasteiger partial charge is 0.502 e. The predicted octanol–water partition coefficient (Wildman–Crippen LogP) is 2.27. The summed E-state index contributed by atoms with van der Waals surface area (Å²) in [5, 5.41) is 19.6. The topological polar surface area (TPSA) is 80.4 Å². The fourth-order valence-electron chi connectivity index (χ4n) is 0.967. The highest BCUT2D eigenvalue weighted by molar-refractivity contribution is 9.10. The van der Waals surface area contributed by atoms with Crippen molar-refractivity contribution in [3.05, 3.63) is 32.3 Å². The van der Waals surface area contributed by atoms with Crippen molar-refractivity contribution in [2.24, 2.45) is 0 Å². The number of nitrogens with zero attached hydrogens (tertiary/aromatic N) is 1. The van der Waals surface area contributed by atoms with E-state index in [1.54, 1.807) is 0 Å². The molecule has 0 amide bonds. The molecule has 1 N–H and O–H groups in total. The maximum Gasteiger partial charge on any atom is 0.311 e. The number of aromatic hydroxyl groups is 1. The van der Waals surface area contributed by atoms with Crippen LogP contribution in [0.3, 0.4) is 0 Å². The van der Waals surface area contributed by atoms with Gasteiger partial charge in [-0.05, 0) is 28.9 Å². The third kappa shape index (κ3) is 1.90. The van der Waals surface area contributed by atoms with Gasteiger partial charge in [-0.2, -0.15) is 0 Å². The molecule has 5 nitrogen and oxygen atoms in total. The summed E-state index contributed by atoms with van der Waals surface area (Å²) < 4.78 is 0.300. The SMILES string of the molecule is CC(=O)c1cc(O)c([N+](=O)[O-])cc1Br. The third-order valence-corrected chi connectivity index (χ3v) is 2.30. The van der Waals surface area contributed by atoms with Gasteiger partial charge in [0.25, 0.3) is 0 Å². The van der Waals surface area contributed by atoms with E-state index in [-0.39, 0.29) is 11.3 Å². The average Bonchev–Trinajstić information content (AvgIpc) is 2.07. The van der Waals surface area contributed by atoms with Crippen LogP contribution < -0.4 is 0 Å². The molecule has 0 heterocycles. The summed E-state index contributed by atoms with van der Waals surface area (Å²) in [6.07, 6.45) is 0. The Morgan fingerprint density at radius 3 is 2.57 bits per heavy atom. The summed E-state index contributed by atoms with van der Waals surface area (Å²) in [6.45, 7) is 1.31. The minimum Gasteiger partial charge on any atom is -0.502 e. The maximum absolute atomic E-state index is 11.0. The Morgan fingerprint density at radius 2 is 2.14 bits per heavy atom. The molecule has 74 valence electrons. The average molecular weight is 260 g/mol. The second-order valence-electron chi connectivity index (χ2n) is 2.63. The number of carbonyl (C=O) groups is 1. The summed E-state index contributed by atoms with van der Waals surface area (Å²) in [6, 6.07) is 2.18. The number of nitro groups is 1. The van der Waals surface area contributed by atoms with E-state index in [0.29, 0.717) is 4.47 Å². The van der Waals surface area contributed by atoms with Gasteiger partial charge in [0, 0.05) is 16.1 Å². The standard InChI is InChI=1S/C8H6BrNO4/c1-4(11)5-2-8(12)7(10(13)14)3-6(5)9/h2-3,12H,1H3. The molecular formula is C8H6BrNO4. The lowest BCUT2D eigenvalue weighted by molar-refractivity contribution is -0.385. The Labute approximate surface area is 87.6 Å². The van der Waals surface area contributed by atoms with E-state index in [2.05, 4.69) is 15.9 Å². The van der Waals surface area contributed by atoms with Gasteiger partial charge >= 0.3 is 5.69 Å². The number of phenols is 1. The lowest BCUT2D eigenvalue weighted by Gasteiger charge is -2.01. The van der Waals surface area contributed by atoms with Gasteiger partial charge in [-0.3, -0.25) is 14.9 Å². The fourth-order valence-corrected chi connectivity index (χ4v) is 1.58. The maximum atomic E-state index is 11.0. The van der Waals surface area contributed by atoms with Crippen molar-refractivity contribution >= 4 is 27.4 Å². The molecule has 1 rings (SSSR count). The van der Waals surface area contributed by atoms with Crippen molar-refractivity contribution in [3.8, 4) is 5.75 Å². The van der Waals surface area contributed by atoms with Crippen LogP contribution in [0.25, 0.3) is 0 Å². The number of halogens is 1. The van der Waals surface area contributed by atoms with Crippen LogP contribution in [0.2, 0.25) is 0 Å². The third-order valence-electron chi connectivity index (χ3n) is 1.64. The molecule has 0 unspecified atom stereocenters. The lowest BCUT2D eigenvalue weighted by atomic mass is 10.1. The van der Waals surface area contributed by atoms with Crippen LogP contribution in [0.4, 0.5) is 5.69 Å². The first-order chi connectivity index (χ1) is 6.43. The molecule has 0 bridgehead atoms. The second-order valence-corrected chi connectivity index (χ2v) is 3.49. The highest BCUT2D eigenvalue weighted by Crippen LogP contribution is 2.32. The van der Waals surface area contributed by atoms with Crippen LogP contribution >= 0.6 is 15.9 Å². The minimum absolute atomic E-state index is 0.216. The van der Waals surface area contributed by atoms with E-state index in [4.69, 9.17) is 0 Å². The van der Waals surface area contributed by atoms with Crippen molar-refractivity contribution in [2.75, 3.05) is 0 Å². The van der Waals surface area contributed by atoms with Crippen LogP contribution in [0, 0.1) is 10.1 Å². The number of Topliss-reactive ketones (excluding diaryl/α,β-unsaturated/α-hetero) is 1. The number of carbonyl (C=O) groups excluding carboxylic acids is 1. The molecule has 6 heteroatoms. The van der Waals surface area contributed by atoms with E-state index >= 15 is 0 Å². The Hall–Kier alpha value is -1.43. The van der Waals surface area contributed by atoms with Crippen molar-refractivity contribution < 1.29 is 14.8 Å². The molecule has 1 aromatic carbocycles. The molecule has 14 heavy (non-hydrogen) atoms. The van der Waals surface area contributed by atoms with Crippen LogP contribution in [-0.2, 0) is 0 Å². The summed E-state index contributed by atoms with van der Waals surface area (Å²) in [4.78, 5) is 20.7. The summed E-state index contributed by atoms with van der Waals surface area (Å²) >= 11 is 3.01. The fraction of sp³-hybridized carbons (Fsp3) is 0.125. The smallest absolute Gasteiger partial charge is 0.311 e. The zero-order valence-electron chi connectivity index (χ0n) is 7.15. The van der Waals surface area contributed by atoms with Gasteiger partial charge < -0.3 is 5.11 Å². The summed E-state index contributed by atoms with van der Waals surface area (Å²) in [5.41, 5.74) is -0.213. The Kier molecular flexibility index (Phi) is 2.85. The second kappa shape index (κ2) is 3.75. The molecule has 0 aliphatic carbocycles. The number of nitro benzene ring substituents is 1. The molecule has 0 aliphatic heterocycles. The van der Waals surface area contributed by atoms with Gasteiger partial charge in [-0.15, -0.1) is 0 Å². The van der Waals surface area contributed by atoms with E-state index < -0.39 is 16.4 Å². The molecule has 0 radical (unpaired) electrons. The number of hydrogen-bond acceptors (Lipinski definition) is 4. The molecule has 0 fully saturated rings. The van der Waals surface area contributed by atoms with Crippen molar-refractivity contribution in [2.45, 2.75) is 6.92 Å². The summed E-state index contributed by atoms with van der Waals surface area (Å²) in [5.74, 6) is -0.787. The number of rotatable bonds is 2. The van der Waals surface area contributed by atoms with Gasteiger partial charge in [0.05, 0.1) is 4.92 Å². The van der Waals surface area contributed by atoms with Crippen LogP contribution in [0.1, 0.15) is 17.3 Å². The predicted molar refractivity (Wildman–Crippen MR) is 52.5 cm³/mol. The van der Waals surface area contributed by atoms with Gasteiger partial charge in [-0.1, -0.05) is 0 Å². The van der Waals surface area contributed by atoms with E-state index in [9.17, 15) is 20.0 Å². The Balaban J connectivity index is 3.38. The molecular weight excluding hydrogens is 254 g/mol. The molecule has 0 aliphatic rings. The molecule has 0 saturated carbocycles. The highest BCUT2D eigenvalue weighted by Gasteiger charge is 2.18. The first kappa shape index (κ1) is 10.6. The monoisotopic (exact) mass is 259 g/mol. The van der Waals surface area contributed by atoms with Crippen LogP contribution in [-0.4, -0.2) is 15.8 Å². The zero-order valence-corrected chi connectivity index (χ0v) is 8.74. The van der Waals surface area contributed by atoms with Gasteiger partial charge in [0.1, 0.15) is 0 Å². The quantitative estimate of drug-likeness (QED) is 0.502. The van der Waals surface area contributed by atoms with Gasteiger partial charge in [0.2, 0.25) is 0 Å². The normalized spacial score (nSPS) is 9.86. The summed E-state index contributed by atoms with van der Waals surface area (Å²) in [7, 11) is 0. The molecule has 0 aromatic heterocycles. The Morgan fingerprint density at radius 1 is 1.57 bits per heavy atom. The first-order valence-electron chi connectivity index (χ1n) is 3.61. The molecule has 0 spiro atoms. The highest BCUT2D eigenvalue weighted by atomic mass is 79.9. The van der Waals surface area contributed by atoms with Gasteiger partial charge in [-0.25, -0.2) is 0 Å². The van der Waals surface area contributed by atoms with Gasteiger partial charge in [0.15, 0.2) is 11.5 Å². The molecule has 0 atom stereocenters. The molecule has 1 aromatic rings. The van der Waals surface area contributed by atoms with Crippen molar-refractivity contribution in [1.29, 1.82) is 0 Å². The van der Waals surface area contributed by atoms with Crippen LogP contribution in [0.15, 0.2) is 16.6 Å². The Bertz CT molecular complexity index is 376.